The van der Waals surface area contributed by atoms with Crippen molar-refractivity contribution in [2.24, 2.45) is 5.92 Å². The number of amides is 2. The maximum atomic E-state index is 12.5. The third kappa shape index (κ3) is 4.21. The monoisotopic (exact) mass is 384 g/mol. The first-order valence-electron chi connectivity index (χ1n) is 10.2. The van der Waals surface area contributed by atoms with Crippen molar-refractivity contribution >= 4 is 22.8 Å². The Morgan fingerprint density at radius 3 is 2.64 bits per heavy atom. The van der Waals surface area contributed by atoms with E-state index < -0.39 is 0 Å². The first kappa shape index (κ1) is 20.4. The third-order valence-electron chi connectivity index (χ3n) is 5.37. The molecule has 1 N–H and O–H groups in total. The Bertz CT molecular complexity index is 863. The van der Waals surface area contributed by atoms with Gasteiger partial charge in [-0.1, -0.05) is 12.1 Å². The van der Waals surface area contributed by atoms with Crippen molar-refractivity contribution in [3.63, 3.8) is 0 Å². The van der Waals surface area contributed by atoms with Crippen molar-refractivity contribution in [1.82, 2.24) is 19.8 Å². The van der Waals surface area contributed by atoms with Gasteiger partial charge in [0.1, 0.15) is 5.82 Å². The number of nitrogens with zero attached hydrogens (tertiary/aromatic N) is 3. The zero-order chi connectivity index (χ0) is 20.5. The number of likely N-dealkylation sites (tertiary alicyclic amines) is 1. The van der Waals surface area contributed by atoms with Crippen LogP contribution in [0.15, 0.2) is 24.3 Å². The van der Waals surface area contributed by atoms with E-state index in [0.29, 0.717) is 25.6 Å². The highest BCUT2D eigenvalue weighted by Gasteiger charge is 2.39. The molecule has 1 saturated heterocycles. The van der Waals surface area contributed by atoms with E-state index in [1.54, 1.807) is 0 Å². The molecule has 2 heterocycles. The third-order valence-corrected chi connectivity index (χ3v) is 5.37. The fourth-order valence-corrected chi connectivity index (χ4v) is 3.98. The van der Waals surface area contributed by atoms with E-state index in [4.69, 9.17) is 4.98 Å². The molecule has 0 spiro atoms. The van der Waals surface area contributed by atoms with Crippen LogP contribution in [0.25, 0.3) is 11.0 Å². The maximum absolute atomic E-state index is 12.5. The Kier molecular flexibility index (Phi) is 5.77. The molecule has 1 aromatic heterocycles. The predicted molar refractivity (Wildman–Crippen MR) is 111 cm³/mol. The second-order valence-corrected chi connectivity index (χ2v) is 8.95. The molecule has 3 rings (SSSR count). The Labute approximate surface area is 167 Å². The van der Waals surface area contributed by atoms with Gasteiger partial charge in [-0.25, -0.2) is 4.98 Å². The molecule has 1 aliphatic heterocycles. The van der Waals surface area contributed by atoms with Crippen molar-refractivity contribution < 1.29 is 9.59 Å². The van der Waals surface area contributed by atoms with Crippen LogP contribution in [-0.4, -0.2) is 44.9 Å². The van der Waals surface area contributed by atoms with Gasteiger partial charge in [-0.3, -0.25) is 9.59 Å². The topological polar surface area (TPSA) is 67.2 Å². The summed E-state index contributed by atoms with van der Waals surface area (Å²) in [5.74, 6) is 0.864. The Morgan fingerprint density at radius 2 is 2.00 bits per heavy atom. The van der Waals surface area contributed by atoms with Gasteiger partial charge >= 0.3 is 0 Å². The quantitative estimate of drug-likeness (QED) is 0.777. The number of para-hydroxylation sites is 2. The zero-order valence-electron chi connectivity index (χ0n) is 17.7. The lowest BCUT2D eigenvalue weighted by Gasteiger charge is -2.31. The molecular weight excluding hydrogens is 352 g/mol. The van der Waals surface area contributed by atoms with Crippen LogP contribution in [0.1, 0.15) is 59.3 Å². The summed E-state index contributed by atoms with van der Waals surface area (Å²) in [6, 6.07) is 8.53. The summed E-state index contributed by atoms with van der Waals surface area (Å²) in [6.07, 6.45) is 1.95. The number of benzene rings is 1. The summed E-state index contributed by atoms with van der Waals surface area (Å²) in [4.78, 5) is 31.2. The molecule has 28 heavy (non-hydrogen) atoms. The molecule has 2 amide bonds. The van der Waals surface area contributed by atoms with Gasteiger partial charge in [-0.2, -0.15) is 0 Å². The Morgan fingerprint density at radius 1 is 1.29 bits per heavy atom. The van der Waals surface area contributed by atoms with E-state index in [1.165, 1.54) is 0 Å². The van der Waals surface area contributed by atoms with Crippen LogP contribution in [0.3, 0.4) is 0 Å². The number of hydrogen-bond donors (Lipinski definition) is 1. The number of aromatic nitrogens is 2. The molecule has 6 heteroatoms. The molecule has 0 bridgehead atoms. The number of carbonyl (C=O) groups is 2. The highest BCUT2D eigenvalue weighted by molar-refractivity contribution is 5.89. The number of hydrogen-bond acceptors (Lipinski definition) is 3. The van der Waals surface area contributed by atoms with Crippen molar-refractivity contribution in [2.45, 2.75) is 65.5 Å². The minimum Gasteiger partial charge on any atom is -0.356 e. The van der Waals surface area contributed by atoms with Gasteiger partial charge in [0.25, 0.3) is 0 Å². The number of fused-ring (bicyclic) bond motifs is 1. The van der Waals surface area contributed by atoms with Crippen molar-refractivity contribution in [3.8, 4) is 0 Å². The van der Waals surface area contributed by atoms with E-state index in [9.17, 15) is 9.59 Å². The van der Waals surface area contributed by atoms with Gasteiger partial charge in [0.15, 0.2) is 0 Å². The number of aryl methyl sites for hydroxylation is 1. The highest BCUT2D eigenvalue weighted by Crippen LogP contribution is 2.26. The number of rotatable bonds is 6. The molecular formula is C22H32N4O2. The molecule has 152 valence electrons. The molecule has 1 aromatic carbocycles. The van der Waals surface area contributed by atoms with Crippen LogP contribution < -0.4 is 5.32 Å². The van der Waals surface area contributed by atoms with Gasteiger partial charge in [0.2, 0.25) is 11.8 Å². The van der Waals surface area contributed by atoms with E-state index in [-0.39, 0.29) is 23.3 Å². The average molecular weight is 385 g/mol. The summed E-state index contributed by atoms with van der Waals surface area (Å²) in [7, 11) is 0. The lowest BCUT2D eigenvalue weighted by molar-refractivity contribution is -0.132. The molecule has 0 aliphatic carbocycles. The SMILES string of the molecule is CC(C)n1c(CCCNC(=O)[C@@H]2CC(=O)N(C(C)(C)C)C2)nc2ccccc21. The molecule has 1 fully saturated rings. The van der Waals surface area contributed by atoms with Crippen molar-refractivity contribution in [2.75, 3.05) is 13.1 Å². The molecule has 0 unspecified atom stereocenters. The summed E-state index contributed by atoms with van der Waals surface area (Å²) < 4.78 is 2.27. The van der Waals surface area contributed by atoms with Gasteiger partial charge in [-0.15, -0.1) is 0 Å². The van der Waals surface area contributed by atoms with Crippen LogP contribution in [0, 0.1) is 5.92 Å². The molecule has 1 atom stereocenters. The predicted octanol–water partition coefficient (Wildman–Crippen LogP) is 3.31. The summed E-state index contributed by atoms with van der Waals surface area (Å²) >= 11 is 0. The second-order valence-electron chi connectivity index (χ2n) is 8.95. The summed E-state index contributed by atoms with van der Waals surface area (Å²) in [6.45, 7) is 11.5. The minimum absolute atomic E-state index is 0.0162. The molecule has 2 aromatic rings. The Hall–Kier alpha value is -2.37. The Balaban J connectivity index is 1.54. The van der Waals surface area contributed by atoms with E-state index >= 15 is 0 Å². The molecule has 6 nitrogen and oxygen atoms in total. The fourth-order valence-electron chi connectivity index (χ4n) is 3.98. The van der Waals surface area contributed by atoms with Crippen molar-refractivity contribution in [3.05, 3.63) is 30.1 Å². The minimum atomic E-state index is -0.244. The summed E-state index contributed by atoms with van der Waals surface area (Å²) in [5.41, 5.74) is 1.94. The van der Waals surface area contributed by atoms with Crippen LogP contribution in [0.5, 0.6) is 0 Å². The highest BCUT2D eigenvalue weighted by atomic mass is 16.2. The normalized spacial score (nSPS) is 17.7. The molecule has 0 saturated carbocycles. The van der Waals surface area contributed by atoms with Gasteiger partial charge in [0, 0.05) is 37.5 Å². The van der Waals surface area contributed by atoms with E-state index in [1.807, 2.05) is 43.9 Å². The van der Waals surface area contributed by atoms with Crippen LogP contribution >= 0.6 is 0 Å². The number of imidazole rings is 1. The molecule has 1 aliphatic rings. The number of carbonyl (C=O) groups excluding carboxylic acids is 2. The first-order chi connectivity index (χ1) is 13.2. The van der Waals surface area contributed by atoms with Gasteiger partial charge in [0.05, 0.1) is 17.0 Å². The van der Waals surface area contributed by atoms with Crippen molar-refractivity contribution in [1.29, 1.82) is 0 Å². The van der Waals surface area contributed by atoms with Crippen LogP contribution in [-0.2, 0) is 16.0 Å². The van der Waals surface area contributed by atoms with E-state index in [2.05, 4.69) is 29.8 Å². The lowest BCUT2D eigenvalue weighted by Crippen LogP contribution is -2.43. The number of nitrogens with one attached hydrogen (secondary N) is 1. The summed E-state index contributed by atoms with van der Waals surface area (Å²) in [5, 5.41) is 3.01. The van der Waals surface area contributed by atoms with Gasteiger partial charge in [-0.05, 0) is 53.2 Å². The van der Waals surface area contributed by atoms with Crippen LogP contribution in [0.4, 0.5) is 0 Å². The lowest BCUT2D eigenvalue weighted by atomic mass is 10.1. The van der Waals surface area contributed by atoms with Crippen LogP contribution in [0.2, 0.25) is 0 Å². The van der Waals surface area contributed by atoms with Gasteiger partial charge < -0.3 is 14.8 Å². The first-order valence-corrected chi connectivity index (χ1v) is 10.2. The largest absolute Gasteiger partial charge is 0.356 e. The average Bonchev–Trinajstić information content (AvgIpc) is 3.18. The standard InChI is InChI=1S/C22H32N4O2/c1-15(2)26-18-10-7-6-9-17(18)24-19(26)11-8-12-23-21(28)16-13-20(27)25(14-16)22(3,4)5/h6-7,9-10,15-16H,8,11-14H2,1-5H3,(H,23,28)/t16-/m1/s1. The fraction of sp³-hybridized carbons (Fsp3) is 0.591. The second kappa shape index (κ2) is 7.94. The smallest absolute Gasteiger partial charge is 0.225 e. The maximum Gasteiger partial charge on any atom is 0.225 e. The van der Waals surface area contributed by atoms with E-state index in [0.717, 1.165) is 29.7 Å². The zero-order valence-corrected chi connectivity index (χ0v) is 17.7. The molecule has 0 radical (unpaired) electrons.